The third-order valence-corrected chi connectivity index (χ3v) is 3.59. The van der Waals surface area contributed by atoms with Crippen LogP contribution in [0.15, 0.2) is 22.7 Å². The van der Waals surface area contributed by atoms with Gasteiger partial charge in [0.05, 0.1) is 0 Å². The second-order valence-corrected chi connectivity index (χ2v) is 5.07. The zero-order valence-corrected chi connectivity index (χ0v) is 11.0. The van der Waals surface area contributed by atoms with Crippen LogP contribution in [0.3, 0.4) is 0 Å². The summed E-state index contributed by atoms with van der Waals surface area (Å²) < 4.78 is 1.04. The van der Waals surface area contributed by atoms with Crippen LogP contribution in [-0.4, -0.2) is 31.1 Å². The molecule has 0 saturated carbocycles. The summed E-state index contributed by atoms with van der Waals surface area (Å²) >= 11 is 3.50. The van der Waals surface area contributed by atoms with Gasteiger partial charge in [0.1, 0.15) is 0 Å². The van der Waals surface area contributed by atoms with Crippen molar-refractivity contribution in [3.8, 4) is 0 Å². The molecule has 0 amide bonds. The van der Waals surface area contributed by atoms with Gasteiger partial charge in [-0.05, 0) is 60.1 Å². The highest BCUT2D eigenvalue weighted by atomic mass is 79.9. The lowest BCUT2D eigenvalue weighted by Crippen LogP contribution is -2.26. The number of halogens is 1. The van der Waals surface area contributed by atoms with Crippen molar-refractivity contribution in [3.63, 3.8) is 0 Å². The fourth-order valence-electron chi connectivity index (χ4n) is 2.03. The van der Waals surface area contributed by atoms with Crippen molar-refractivity contribution in [1.82, 2.24) is 4.90 Å². The van der Waals surface area contributed by atoms with Gasteiger partial charge in [-0.3, -0.25) is 0 Å². The Hall–Kier alpha value is -0.740. The van der Waals surface area contributed by atoms with Crippen molar-refractivity contribution in [2.45, 2.75) is 12.8 Å². The number of rotatable bonds is 4. The molecule has 16 heavy (non-hydrogen) atoms. The van der Waals surface area contributed by atoms with E-state index in [9.17, 15) is 0 Å². The van der Waals surface area contributed by atoms with Crippen molar-refractivity contribution < 1.29 is 0 Å². The van der Waals surface area contributed by atoms with Crippen LogP contribution >= 0.6 is 15.9 Å². The molecule has 0 radical (unpaired) electrons. The first-order valence-electron chi connectivity index (χ1n) is 5.77. The molecule has 88 valence electrons. The van der Waals surface area contributed by atoms with E-state index in [2.05, 4.69) is 26.1 Å². The maximum absolute atomic E-state index is 5.69. The van der Waals surface area contributed by atoms with Crippen molar-refractivity contribution >= 4 is 27.3 Å². The number of likely N-dealkylation sites (tertiary alicyclic amines) is 1. The number of hydrogen-bond acceptors (Lipinski definition) is 3. The summed E-state index contributed by atoms with van der Waals surface area (Å²) in [4.78, 5) is 2.50. The molecule has 3 N–H and O–H groups in total. The molecule has 0 bridgehead atoms. The number of nitrogens with two attached hydrogens (primary N) is 1. The largest absolute Gasteiger partial charge is 0.399 e. The Balaban J connectivity index is 1.80. The molecule has 1 fully saturated rings. The van der Waals surface area contributed by atoms with Crippen molar-refractivity contribution in [1.29, 1.82) is 0 Å². The van der Waals surface area contributed by atoms with Crippen LogP contribution in [0, 0.1) is 0 Å². The highest BCUT2D eigenvalue weighted by molar-refractivity contribution is 9.10. The van der Waals surface area contributed by atoms with E-state index in [4.69, 9.17) is 5.73 Å². The number of anilines is 2. The van der Waals surface area contributed by atoms with Gasteiger partial charge in [-0.2, -0.15) is 0 Å². The van der Waals surface area contributed by atoms with Crippen LogP contribution in [-0.2, 0) is 0 Å². The summed E-state index contributed by atoms with van der Waals surface area (Å²) in [5.41, 5.74) is 7.60. The molecule has 3 nitrogen and oxygen atoms in total. The van der Waals surface area contributed by atoms with Crippen LogP contribution in [0.1, 0.15) is 12.8 Å². The van der Waals surface area contributed by atoms with E-state index in [0.717, 1.165) is 28.9 Å². The minimum absolute atomic E-state index is 0.789. The summed E-state index contributed by atoms with van der Waals surface area (Å²) in [5, 5.41) is 3.42. The van der Waals surface area contributed by atoms with Gasteiger partial charge in [-0.15, -0.1) is 0 Å². The molecule has 1 aromatic carbocycles. The molecule has 0 unspecified atom stereocenters. The predicted molar refractivity (Wildman–Crippen MR) is 72.7 cm³/mol. The van der Waals surface area contributed by atoms with E-state index in [1.807, 2.05) is 18.2 Å². The zero-order valence-electron chi connectivity index (χ0n) is 9.38. The first-order chi connectivity index (χ1) is 7.75. The van der Waals surface area contributed by atoms with E-state index in [1.54, 1.807) is 0 Å². The summed E-state index contributed by atoms with van der Waals surface area (Å²) in [5.74, 6) is 0. The quantitative estimate of drug-likeness (QED) is 0.835. The Morgan fingerprint density at radius 2 is 2.06 bits per heavy atom. The molecule has 4 heteroatoms. The summed E-state index contributed by atoms with van der Waals surface area (Å²) in [6.45, 7) is 4.62. The Kier molecular flexibility index (Phi) is 4.07. The first-order valence-corrected chi connectivity index (χ1v) is 6.56. The Morgan fingerprint density at radius 1 is 1.31 bits per heavy atom. The minimum Gasteiger partial charge on any atom is -0.399 e. The molecule has 0 aromatic heterocycles. The average Bonchev–Trinajstić information content (AvgIpc) is 2.74. The summed E-state index contributed by atoms with van der Waals surface area (Å²) in [6, 6.07) is 5.87. The Morgan fingerprint density at radius 3 is 2.75 bits per heavy atom. The number of hydrogen-bond donors (Lipinski definition) is 2. The minimum atomic E-state index is 0.789. The summed E-state index contributed by atoms with van der Waals surface area (Å²) in [7, 11) is 0. The Bertz CT molecular complexity index is 348. The van der Waals surface area contributed by atoms with E-state index >= 15 is 0 Å². The molecule has 1 aromatic rings. The van der Waals surface area contributed by atoms with Gasteiger partial charge >= 0.3 is 0 Å². The van der Waals surface area contributed by atoms with Gasteiger partial charge in [0.15, 0.2) is 0 Å². The monoisotopic (exact) mass is 283 g/mol. The highest BCUT2D eigenvalue weighted by Gasteiger charge is 2.10. The number of benzene rings is 1. The SMILES string of the molecule is Nc1ccc(NCCN2CCCC2)c(Br)c1. The van der Waals surface area contributed by atoms with Crippen molar-refractivity contribution in [2.75, 3.05) is 37.2 Å². The van der Waals surface area contributed by atoms with E-state index in [-0.39, 0.29) is 0 Å². The summed E-state index contributed by atoms with van der Waals surface area (Å²) in [6.07, 6.45) is 2.71. The van der Waals surface area contributed by atoms with E-state index in [1.165, 1.54) is 25.9 Å². The third-order valence-electron chi connectivity index (χ3n) is 2.94. The number of nitrogen functional groups attached to an aromatic ring is 1. The van der Waals surface area contributed by atoms with Crippen LogP contribution < -0.4 is 11.1 Å². The second-order valence-electron chi connectivity index (χ2n) is 4.21. The molecule has 1 saturated heterocycles. The van der Waals surface area contributed by atoms with Gasteiger partial charge in [-0.25, -0.2) is 0 Å². The van der Waals surface area contributed by atoms with Crippen molar-refractivity contribution in [3.05, 3.63) is 22.7 Å². The highest BCUT2D eigenvalue weighted by Crippen LogP contribution is 2.24. The second kappa shape index (κ2) is 5.55. The maximum Gasteiger partial charge on any atom is 0.0486 e. The average molecular weight is 284 g/mol. The molecule has 2 rings (SSSR count). The topological polar surface area (TPSA) is 41.3 Å². The molecule has 0 atom stereocenters. The molecule has 0 aliphatic carbocycles. The lowest BCUT2D eigenvalue weighted by molar-refractivity contribution is 0.352. The Labute approximate surface area is 105 Å². The van der Waals surface area contributed by atoms with Crippen LogP contribution in [0.5, 0.6) is 0 Å². The van der Waals surface area contributed by atoms with Crippen LogP contribution in [0.4, 0.5) is 11.4 Å². The van der Waals surface area contributed by atoms with E-state index < -0.39 is 0 Å². The lowest BCUT2D eigenvalue weighted by Gasteiger charge is -2.16. The third kappa shape index (κ3) is 3.12. The lowest BCUT2D eigenvalue weighted by atomic mass is 10.3. The van der Waals surface area contributed by atoms with Gasteiger partial charge in [0.25, 0.3) is 0 Å². The van der Waals surface area contributed by atoms with Crippen LogP contribution in [0.2, 0.25) is 0 Å². The molecule has 0 spiro atoms. The van der Waals surface area contributed by atoms with E-state index in [0.29, 0.717) is 0 Å². The molecule has 1 aliphatic heterocycles. The molecular weight excluding hydrogens is 266 g/mol. The number of nitrogens with one attached hydrogen (secondary N) is 1. The molecule has 1 heterocycles. The van der Waals surface area contributed by atoms with Crippen LogP contribution in [0.25, 0.3) is 0 Å². The van der Waals surface area contributed by atoms with Gasteiger partial charge in [0, 0.05) is 28.9 Å². The van der Waals surface area contributed by atoms with Gasteiger partial charge in [-0.1, -0.05) is 0 Å². The molecular formula is C12H18BrN3. The normalized spacial score (nSPS) is 16.6. The van der Waals surface area contributed by atoms with Gasteiger partial charge < -0.3 is 16.0 Å². The number of nitrogens with zero attached hydrogens (tertiary/aromatic N) is 1. The van der Waals surface area contributed by atoms with Crippen molar-refractivity contribution in [2.24, 2.45) is 0 Å². The molecule has 1 aliphatic rings. The first kappa shape index (κ1) is 11.7. The predicted octanol–water partition coefficient (Wildman–Crippen LogP) is 2.54. The zero-order chi connectivity index (χ0) is 11.4. The maximum atomic E-state index is 5.69. The fourth-order valence-corrected chi connectivity index (χ4v) is 2.57. The standard InChI is InChI=1S/C12H18BrN3/c13-11-9-10(14)3-4-12(11)15-5-8-16-6-1-2-7-16/h3-4,9,15H,1-2,5-8,14H2. The fraction of sp³-hybridized carbons (Fsp3) is 0.500. The smallest absolute Gasteiger partial charge is 0.0486 e. The van der Waals surface area contributed by atoms with Gasteiger partial charge in [0.2, 0.25) is 0 Å².